The van der Waals surface area contributed by atoms with Crippen LogP contribution in [0.25, 0.3) is 0 Å². The van der Waals surface area contributed by atoms with Gasteiger partial charge in [-0.2, -0.15) is 8.78 Å². The molecule has 2 unspecified atom stereocenters. The van der Waals surface area contributed by atoms with Crippen molar-refractivity contribution in [3.63, 3.8) is 0 Å². The van der Waals surface area contributed by atoms with Gasteiger partial charge in [0.15, 0.2) is 0 Å². The molecule has 0 radical (unpaired) electrons. The normalized spacial score (nSPS) is 27.0. The van der Waals surface area contributed by atoms with Crippen molar-refractivity contribution in [1.29, 1.82) is 0 Å². The Kier molecular flexibility index (Phi) is 4.57. The average Bonchev–Trinajstić information content (AvgIpc) is 2.79. The van der Waals surface area contributed by atoms with E-state index in [9.17, 15) is 13.6 Å². The summed E-state index contributed by atoms with van der Waals surface area (Å²) in [6, 6.07) is 7.13. The molecule has 2 atom stereocenters. The molecule has 2 N–H and O–H groups in total. The lowest BCUT2D eigenvalue weighted by molar-refractivity contribution is -0.117. The zero-order valence-corrected chi connectivity index (χ0v) is 12.2. The summed E-state index contributed by atoms with van der Waals surface area (Å²) in [7, 11) is 0. The van der Waals surface area contributed by atoms with Crippen LogP contribution in [0.2, 0.25) is 0 Å². The number of fused-ring (bicyclic) bond motifs is 2. The number of piperidine rings is 1. The maximum Gasteiger partial charge on any atom is 0.387 e. The Hall–Kier alpha value is -1.69. The van der Waals surface area contributed by atoms with Gasteiger partial charge in [0.05, 0.1) is 0 Å². The molecule has 1 aromatic rings. The summed E-state index contributed by atoms with van der Waals surface area (Å²) < 4.78 is 28.4. The first-order valence-electron chi connectivity index (χ1n) is 7.69. The van der Waals surface area contributed by atoms with E-state index in [2.05, 4.69) is 15.4 Å². The minimum Gasteiger partial charge on any atom is -0.435 e. The maximum atomic E-state index is 12.1. The number of rotatable bonds is 5. The first kappa shape index (κ1) is 15.2. The Morgan fingerprint density at radius 3 is 2.45 bits per heavy atom. The predicted molar refractivity (Wildman–Crippen MR) is 79.0 cm³/mol. The third-order valence-electron chi connectivity index (χ3n) is 4.41. The molecule has 3 rings (SSSR count). The smallest absolute Gasteiger partial charge is 0.387 e. The summed E-state index contributed by atoms with van der Waals surface area (Å²) in [5.41, 5.74) is 0.600. The van der Waals surface area contributed by atoms with E-state index in [4.69, 9.17) is 0 Å². The van der Waals surface area contributed by atoms with Gasteiger partial charge in [0.2, 0.25) is 5.91 Å². The molecule has 0 saturated carbocycles. The van der Waals surface area contributed by atoms with Crippen LogP contribution in [0.5, 0.6) is 5.75 Å². The number of amides is 1. The average molecular weight is 310 g/mol. The molecule has 2 fully saturated rings. The molecule has 0 aromatic heterocycles. The molecular formula is C16H20F2N2O2. The molecule has 22 heavy (non-hydrogen) atoms. The van der Waals surface area contributed by atoms with E-state index in [0.29, 0.717) is 30.1 Å². The van der Waals surface area contributed by atoms with E-state index >= 15 is 0 Å². The minimum atomic E-state index is -2.84. The van der Waals surface area contributed by atoms with Crippen molar-refractivity contribution in [2.45, 2.75) is 50.8 Å². The van der Waals surface area contributed by atoms with Gasteiger partial charge in [0.1, 0.15) is 5.75 Å². The van der Waals surface area contributed by atoms with Crippen molar-refractivity contribution < 1.29 is 18.3 Å². The highest BCUT2D eigenvalue weighted by Gasteiger charge is 2.34. The minimum absolute atomic E-state index is 0.0196. The third-order valence-corrected chi connectivity index (χ3v) is 4.41. The fourth-order valence-corrected chi connectivity index (χ4v) is 3.54. The molecule has 1 amide bonds. The first-order valence-corrected chi connectivity index (χ1v) is 7.69. The second kappa shape index (κ2) is 6.60. The van der Waals surface area contributed by atoms with Crippen molar-refractivity contribution in [3.8, 4) is 5.75 Å². The topological polar surface area (TPSA) is 50.4 Å². The molecule has 2 aliphatic rings. The number of ether oxygens (including phenoxy) is 1. The van der Waals surface area contributed by atoms with Gasteiger partial charge in [-0.05, 0) is 55.9 Å². The fourth-order valence-electron chi connectivity index (χ4n) is 3.54. The van der Waals surface area contributed by atoms with E-state index in [0.717, 1.165) is 12.8 Å². The highest BCUT2D eigenvalue weighted by molar-refractivity contribution is 5.90. The van der Waals surface area contributed by atoms with Crippen LogP contribution < -0.4 is 15.4 Å². The Labute approximate surface area is 128 Å². The van der Waals surface area contributed by atoms with Gasteiger partial charge in [-0.25, -0.2) is 0 Å². The van der Waals surface area contributed by atoms with E-state index in [-0.39, 0.29) is 11.7 Å². The second-order valence-corrected chi connectivity index (χ2v) is 6.13. The predicted octanol–water partition coefficient (Wildman–Crippen LogP) is 3.15. The summed E-state index contributed by atoms with van der Waals surface area (Å²) in [6.07, 6.45) is 5.07. The zero-order chi connectivity index (χ0) is 15.5. The number of anilines is 1. The lowest BCUT2D eigenvalue weighted by Crippen LogP contribution is -2.39. The van der Waals surface area contributed by atoms with Crippen LogP contribution in [-0.2, 0) is 4.79 Å². The van der Waals surface area contributed by atoms with E-state index < -0.39 is 6.61 Å². The van der Waals surface area contributed by atoms with E-state index in [1.165, 1.54) is 25.0 Å². The molecule has 2 bridgehead atoms. The van der Waals surface area contributed by atoms with Gasteiger partial charge in [-0.15, -0.1) is 0 Å². The van der Waals surface area contributed by atoms with Gasteiger partial charge in [0.25, 0.3) is 0 Å². The van der Waals surface area contributed by atoms with Gasteiger partial charge >= 0.3 is 6.61 Å². The first-order chi connectivity index (χ1) is 10.6. The molecule has 4 nitrogen and oxygen atoms in total. The summed E-state index contributed by atoms with van der Waals surface area (Å²) in [4.78, 5) is 12.1. The third kappa shape index (κ3) is 3.94. The largest absolute Gasteiger partial charge is 0.435 e. The molecule has 2 heterocycles. The zero-order valence-electron chi connectivity index (χ0n) is 12.2. The molecule has 2 saturated heterocycles. The SMILES string of the molecule is O=C(CC1CC2CCC(C1)N2)Nc1ccc(OC(F)F)cc1. The molecule has 0 aliphatic carbocycles. The van der Waals surface area contributed by atoms with Crippen molar-refractivity contribution in [3.05, 3.63) is 24.3 Å². The number of nitrogens with one attached hydrogen (secondary N) is 2. The van der Waals surface area contributed by atoms with Crippen molar-refractivity contribution in [2.75, 3.05) is 5.32 Å². The number of alkyl halides is 2. The monoisotopic (exact) mass is 310 g/mol. The summed E-state index contributed by atoms with van der Waals surface area (Å²) in [5, 5.41) is 6.38. The van der Waals surface area contributed by atoms with Gasteiger partial charge in [-0.1, -0.05) is 0 Å². The van der Waals surface area contributed by atoms with Crippen LogP contribution in [0.1, 0.15) is 32.1 Å². The second-order valence-electron chi connectivity index (χ2n) is 6.13. The molecular weight excluding hydrogens is 290 g/mol. The number of hydrogen-bond donors (Lipinski definition) is 2. The van der Waals surface area contributed by atoms with Gasteiger partial charge < -0.3 is 15.4 Å². The molecule has 2 aliphatic heterocycles. The van der Waals surface area contributed by atoms with Crippen molar-refractivity contribution >= 4 is 11.6 Å². The van der Waals surface area contributed by atoms with Crippen LogP contribution >= 0.6 is 0 Å². The molecule has 120 valence electrons. The Morgan fingerprint density at radius 2 is 1.86 bits per heavy atom. The summed E-state index contributed by atoms with van der Waals surface area (Å²) >= 11 is 0. The number of halogens is 2. The molecule has 1 aromatic carbocycles. The van der Waals surface area contributed by atoms with Crippen LogP contribution in [0.3, 0.4) is 0 Å². The quantitative estimate of drug-likeness (QED) is 0.878. The number of benzene rings is 1. The highest BCUT2D eigenvalue weighted by atomic mass is 19.3. The molecule has 6 heteroatoms. The van der Waals surface area contributed by atoms with Gasteiger partial charge in [-0.3, -0.25) is 4.79 Å². The Balaban J connectivity index is 1.49. The van der Waals surface area contributed by atoms with Crippen LogP contribution in [0, 0.1) is 5.92 Å². The number of hydrogen-bond acceptors (Lipinski definition) is 3. The Morgan fingerprint density at radius 1 is 1.23 bits per heavy atom. The van der Waals surface area contributed by atoms with Crippen molar-refractivity contribution in [1.82, 2.24) is 5.32 Å². The molecule has 0 spiro atoms. The highest BCUT2D eigenvalue weighted by Crippen LogP contribution is 2.32. The Bertz CT molecular complexity index is 509. The van der Waals surface area contributed by atoms with Gasteiger partial charge in [0, 0.05) is 24.2 Å². The van der Waals surface area contributed by atoms with E-state index in [1.807, 2.05) is 0 Å². The van der Waals surface area contributed by atoms with Crippen LogP contribution in [0.4, 0.5) is 14.5 Å². The van der Waals surface area contributed by atoms with Crippen molar-refractivity contribution in [2.24, 2.45) is 5.92 Å². The number of carbonyl (C=O) groups excluding carboxylic acids is 1. The lowest BCUT2D eigenvalue weighted by Gasteiger charge is -2.28. The number of carbonyl (C=O) groups is 1. The lowest BCUT2D eigenvalue weighted by atomic mass is 9.89. The fraction of sp³-hybridized carbons (Fsp3) is 0.562. The standard InChI is InChI=1S/C16H20F2N2O2/c17-16(18)22-14-5-3-11(4-6-14)20-15(21)9-10-7-12-1-2-13(8-10)19-12/h3-6,10,12-13,16,19H,1-2,7-9H2,(H,20,21). The summed E-state index contributed by atoms with van der Waals surface area (Å²) in [6.45, 7) is -2.84. The van der Waals surface area contributed by atoms with Crippen LogP contribution in [-0.4, -0.2) is 24.6 Å². The van der Waals surface area contributed by atoms with Crippen LogP contribution in [0.15, 0.2) is 24.3 Å². The maximum absolute atomic E-state index is 12.1. The van der Waals surface area contributed by atoms with E-state index in [1.54, 1.807) is 12.1 Å². The summed E-state index contributed by atoms with van der Waals surface area (Å²) in [5.74, 6) is 0.497.